The van der Waals surface area contributed by atoms with Crippen LogP contribution >= 0.6 is 0 Å². The van der Waals surface area contributed by atoms with Crippen molar-refractivity contribution in [3.05, 3.63) is 35.9 Å². The lowest BCUT2D eigenvalue weighted by Crippen LogP contribution is -2.11. The van der Waals surface area contributed by atoms with Crippen LogP contribution in [-0.2, 0) is 20.9 Å². The quantitative estimate of drug-likeness (QED) is 0.681. The Hall–Kier alpha value is -1.35. The summed E-state index contributed by atoms with van der Waals surface area (Å²) in [6.07, 6.45) is 0.315. The van der Waals surface area contributed by atoms with Crippen LogP contribution in [0.25, 0.3) is 0 Å². The fraction of sp³-hybridized carbons (Fsp3) is 0.364. The van der Waals surface area contributed by atoms with Crippen LogP contribution < -0.4 is 0 Å². The molecule has 0 radical (unpaired) electrons. The average molecular weight is 192 g/mol. The molecule has 0 saturated carbocycles. The number of benzene rings is 1. The van der Waals surface area contributed by atoms with E-state index in [1.165, 1.54) is 0 Å². The van der Waals surface area contributed by atoms with Crippen molar-refractivity contribution in [1.82, 2.24) is 0 Å². The lowest BCUT2D eigenvalue weighted by molar-refractivity contribution is -0.137. The van der Waals surface area contributed by atoms with Gasteiger partial charge < -0.3 is 9.47 Å². The van der Waals surface area contributed by atoms with E-state index in [4.69, 9.17) is 9.47 Å². The van der Waals surface area contributed by atoms with E-state index < -0.39 is 0 Å². The van der Waals surface area contributed by atoms with Crippen LogP contribution in [0.3, 0.4) is 0 Å². The molecule has 1 heterocycles. The molecule has 3 heteroatoms. The molecule has 0 unspecified atom stereocenters. The SMILES string of the molecule is O=C1C[C@H](OCc2ccccc2)CO1. The van der Waals surface area contributed by atoms with E-state index in [-0.39, 0.29) is 12.1 Å². The molecule has 0 aromatic heterocycles. The van der Waals surface area contributed by atoms with Crippen LogP contribution in [0.1, 0.15) is 12.0 Å². The molecule has 0 spiro atoms. The standard InChI is InChI=1S/C11H12O3/c12-11-6-10(8-14-11)13-7-9-4-2-1-3-5-9/h1-5,10H,6-8H2/t10-/m0/s1. The lowest BCUT2D eigenvalue weighted by Gasteiger charge is -2.07. The Balaban J connectivity index is 1.80. The fourth-order valence-electron chi connectivity index (χ4n) is 1.38. The number of hydrogen-bond acceptors (Lipinski definition) is 3. The van der Waals surface area contributed by atoms with E-state index in [1.807, 2.05) is 30.3 Å². The molecule has 1 aliphatic heterocycles. The summed E-state index contributed by atoms with van der Waals surface area (Å²) in [6, 6.07) is 9.89. The molecule has 1 aromatic carbocycles. The molecule has 0 N–H and O–H groups in total. The summed E-state index contributed by atoms with van der Waals surface area (Å²) in [4.78, 5) is 10.8. The molecule has 1 saturated heterocycles. The van der Waals surface area contributed by atoms with Crippen LogP contribution in [-0.4, -0.2) is 18.7 Å². The molecule has 0 aliphatic carbocycles. The Morgan fingerprint density at radius 1 is 1.36 bits per heavy atom. The second-order valence-corrected chi connectivity index (χ2v) is 3.31. The highest BCUT2D eigenvalue weighted by Crippen LogP contribution is 2.12. The molecule has 1 fully saturated rings. The van der Waals surface area contributed by atoms with Crippen molar-refractivity contribution in [2.75, 3.05) is 6.61 Å². The van der Waals surface area contributed by atoms with Crippen LogP contribution in [0.5, 0.6) is 0 Å². The van der Waals surface area contributed by atoms with Crippen molar-refractivity contribution in [1.29, 1.82) is 0 Å². The largest absolute Gasteiger partial charge is 0.463 e. The number of esters is 1. The number of rotatable bonds is 3. The minimum atomic E-state index is -0.164. The van der Waals surface area contributed by atoms with Crippen LogP contribution in [0.15, 0.2) is 30.3 Å². The third-order valence-electron chi connectivity index (χ3n) is 2.15. The highest BCUT2D eigenvalue weighted by atomic mass is 16.6. The third-order valence-corrected chi connectivity index (χ3v) is 2.15. The first-order chi connectivity index (χ1) is 6.84. The maximum absolute atomic E-state index is 10.8. The number of carbonyl (C=O) groups is 1. The lowest BCUT2D eigenvalue weighted by atomic mass is 10.2. The zero-order valence-electron chi connectivity index (χ0n) is 7.81. The summed E-state index contributed by atoms with van der Waals surface area (Å²) in [5.41, 5.74) is 1.12. The predicted octanol–water partition coefficient (Wildman–Crippen LogP) is 1.52. The van der Waals surface area contributed by atoms with Gasteiger partial charge >= 0.3 is 5.97 Å². The third kappa shape index (κ3) is 2.33. The first-order valence-corrected chi connectivity index (χ1v) is 4.66. The number of cyclic esters (lactones) is 1. The van der Waals surface area contributed by atoms with E-state index in [1.54, 1.807) is 0 Å². The van der Waals surface area contributed by atoms with Crippen molar-refractivity contribution >= 4 is 5.97 Å². The zero-order chi connectivity index (χ0) is 9.80. The molecular formula is C11H12O3. The molecule has 0 bridgehead atoms. The molecule has 3 nitrogen and oxygen atoms in total. The summed E-state index contributed by atoms with van der Waals surface area (Å²) < 4.78 is 10.3. The predicted molar refractivity (Wildman–Crippen MR) is 50.6 cm³/mol. The summed E-state index contributed by atoms with van der Waals surface area (Å²) in [5, 5.41) is 0. The Morgan fingerprint density at radius 2 is 2.14 bits per heavy atom. The maximum atomic E-state index is 10.8. The average Bonchev–Trinajstić information content (AvgIpc) is 2.63. The van der Waals surface area contributed by atoms with Crippen LogP contribution in [0, 0.1) is 0 Å². The van der Waals surface area contributed by atoms with Crippen LogP contribution in [0.2, 0.25) is 0 Å². The highest BCUT2D eigenvalue weighted by Gasteiger charge is 2.23. The number of carbonyl (C=O) groups excluding carboxylic acids is 1. The van der Waals surface area contributed by atoms with Gasteiger partial charge in [0.05, 0.1) is 13.0 Å². The Bertz CT molecular complexity index is 308. The van der Waals surface area contributed by atoms with E-state index in [2.05, 4.69) is 0 Å². The molecule has 14 heavy (non-hydrogen) atoms. The fourth-order valence-corrected chi connectivity index (χ4v) is 1.38. The topological polar surface area (TPSA) is 35.5 Å². The van der Waals surface area contributed by atoms with Gasteiger partial charge in [-0.05, 0) is 5.56 Å². The van der Waals surface area contributed by atoms with Crippen molar-refractivity contribution < 1.29 is 14.3 Å². The Labute approximate surface area is 82.6 Å². The highest BCUT2D eigenvalue weighted by molar-refractivity contribution is 5.71. The van der Waals surface area contributed by atoms with Gasteiger partial charge in [-0.2, -0.15) is 0 Å². The van der Waals surface area contributed by atoms with Crippen molar-refractivity contribution in [2.24, 2.45) is 0 Å². The maximum Gasteiger partial charge on any atom is 0.308 e. The Morgan fingerprint density at radius 3 is 2.79 bits per heavy atom. The normalized spacial score (nSPS) is 20.9. The minimum absolute atomic E-state index is 0.0669. The molecule has 2 rings (SSSR count). The molecule has 0 amide bonds. The van der Waals surface area contributed by atoms with E-state index >= 15 is 0 Å². The van der Waals surface area contributed by atoms with Crippen molar-refractivity contribution in [2.45, 2.75) is 19.1 Å². The smallest absolute Gasteiger partial charge is 0.308 e. The van der Waals surface area contributed by atoms with E-state index in [0.29, 0.717) is 19.6 Å². The first-order valence-electron chi connectivity index (χ1n) is 4.66. The van der Waals surface area contributed by atoms with Gasteiger partial charge in [0, 0.05) is 0 Å². The zero-order valence-corrected chi connectivity index (χ0v) is 7.81. The van der Waals surface area contributed by atoms with Gasteiger partial charge in [0.1, 0.15) is 12.7 Å². The summed E-state index contributed by atoms with van der Waals surface area (Å²) in [5.74, 6) is -0.164. The van der Waals surface area contributed by atoms with Crippen molar-refractivity contribution in [3.63, 3.8) is 0 Å². The summed E-state index contributed by atoms with van der Waals surface area (Å²) >= 11 is 0. The second kappa shape index (κ2) is 4.24. The Kier molecular flexibility index (Phi) is 2.79. The second-order valence-electron chi connectivity index (χ2n) is 3.31. The van der Waals surface area contributed by atoms with E-state index in [0.717, 1.165) is 5.56 Å². The van der Waals surface area contributed by atoms with Gasteiger partial charge in [-0.15, -0.1) is 0 Å². The summed E-state index contributed by atoms with van der Waals surface area (Å²) in [6.45, 7) is 0.938. The van der Waals surface area contributed by atoms with E-state index in [9.17, 15) is 4.79 Å². The van der Waals surface area contributed by atoms with Crippen LogP contribution in [0.4, 0.5) is 0 Å². The monoisotopic (exact) mass is 192 g/mol. The molecule has 1 aromatic rings. The number of hydrogen-bond donors (Lipinski definition) is 0. The van der Waals surface area contributed by atoms with Gasteiger partial charge in [0.25, 0.3) is 0 Å². The van der Waals surface area contributed by atoms with Crippen molar-refractivity contribution in [3.8, 4) is 0 Å². The van der Waals surface area contributed by atoms with Gasteiger partial charge in [0.2, 0.25) is 0 Å². The van der Waals surface area contributed by atoms with Gasteiger partial charge in [-0.3, -0.25) is 4.79 Å². The molecule has 74 valence electrons. The number of ether oxygens (including phenoxy) is 2. The molecular weight excluding hydrogens is 180 g/mol. The van der Waals surface area contributed by atoms with Gasteiger partial charge in [0.15, 0.2) is 0 Å². The summed E-state index contributed by atoms with van der Waals surface area (Å²) in [7, 11) is 0. The first kappa shape index (κ1) is 9.21. The molecule has 1 atom stereocenters. The van der Waals surface area contributed by atoms with Gasteiger partial charge in [-0.1, -0.05) is 30.3 Å². The minimum Gasteiger partial charge on any atom is -0.463 e. The van der Waals surface area contributed by atoms with Gasteiger partial charge in [-0.25, -0.2) is 0 Å². The molecule has 1 aliphatic rings.